The summed E-state index contributed by atoms with van der Waals surface area (Å²) >= 11 is 0. The van der Waals surface area contributed by atoms with Crippen molar-refractivity contribution in [1.29, 1.82) is 0 Å². The number of nitrogens with zero attached hydrogens (tertiary/aromatic N) is 1. The van der Waals surface area contributed by atoms with E-state index in [1.54, 1.807) is 12.1 Å². The topological polar surface area (TPSA) is 75.7 Å². The quantitative estimate of drug-likeness (QED) is 0.800. The third kappa shape index (κ3) is 4.72. The molecule has 2 aromatic carbocycles. The number of benzene rings is 2. The van der Waals surface area contributed by atoms with Gasteiger partial charge in [-0.3, -0.25) is 9.10 Å². The van der Waals surface area contributed by atoms with Gasteiger partial charge in [0.1, 0.15) is 17.6 Å². The Kier molecular flexibility index (Phi) is 6.20. The van der Waals surface area contributed by atoms with Crippen molar-refractivity contribution >= 4 is 21.6 Å². The van der Waals surface area contributed by atoms with Gasteiger partial charge < -0.3 is 10.1 Å². The monoisotopic (exact) mass is 380 g/mol. The predicted molar refractivity (Wildman–Crippen MR) is 98.0 cm³/mol. The van der Waals surface area contributed by atoms with Crippen LogP contribution in [-0.4, -0.2) is 33.7 Å². The van der Waals surface area contributed by atoms with Crippen LogP contribution in [0.1, 0.15) is 12.5 Å². The highest BCUT2D eigenvalue weighted by Gasteiger charge is 2.29. The summed E-state index contributed by atoms with van der Waals surface area (Å²) in [6, 6.07) is 11.1. The second kappa shape index (κ2) is 8.18. The molecule has 0 aliphatic heterocycles. The molecule has 0 radical (unpaired) electrons. The Morgan fingerprint density at radius 3 is 2.38 bits per heavy atom. The highest BCUT2D eigenvalue weighted by molar-refractivity contribution is 7.92. The Hall–Kier alpha value is -2.61. The fourth-order valence-corrected chi connectivity index (χ4v) is 3.75. The van der Waals surface area contributed by atoms with Gasteiger partial charge in [0, 0.05) is 12.1 Å². The number of halogens is 1. The van der Waals surface area contributed by atoms with E-state index in [1.807, 2.05) is 12.1 Å². The lowest BCUT2D eigenvalue weighted by molar-refractivity contribution is -0.122. The van der Waals surface area contributed by atoms with Crippen LogP contribution in [0.15, 0.2) is 48.5 Å². The van der Waals surface area contributed by atoms with Crippen LogP contribution in [0.3, 0.4) is 0 Å². The molecule has 0 bridgehead atoms. The standard InChI is InChI=1S/C18H21FN2O4S/c1-13(18(22)20-12-14-6-4-5-7-17(14)25-2)21(26(3,23)24)16-10-8-15(19)9-11-16/h4-11,13H,12H2,1-3H3,(H,20,22). The van der Waals surface area contributed by atoms with E-state index in [0.717, 1.165) is 28.3 Å². The first-order valence-electron chi connectivity index (χ1n) is 7.88. The predicted octanol–water partition coefficient (Wildman–Crippen LogP) is 2.31. The van der Waals surface area contributed by atoms with Gasteiger partial charge in [-0.05, 0) is 37.3 Å². The van der Waals surface area contributed by atoms with Crippen molar-refractivity contribution in [2.24, 2.45) is 0 Å². The Labute approximate surface area is 152 Å². The van der Waals surface area contributed by atoms with Crippen LogP contribution in [-0.2, 0) is 21.4 Å². The summed E-state index contributed by atoms with van der Waals surface area (Å²) in [5, 5.41) is 2.71. The second-order valence-corrected chi connectivity index (χ2v) is 7.60. The third-order valence-electron chi connectivity index (χ3n) is 3.82. The van der Waals surface area contributed by atoms with Gasteiger partial charge in [0.05, 0.1) is 19.1 Å². The fraction of sp³-hybridized carbons (Fsp3) is 0.278. The van der Waals surface area contributed by atoms with Crippen molar-refractivity contribution in [2.75, 3.05) is 17.7 Å². The molecule has 6 nitrogen and oxygen atoms in total. The van der Waals surface area contributed by atoms with Gasteiger partial charge >= 0.3 is 0 Å². The van der Waals surface area contributed by atoms with E-state index in [2.05, 4.69) is 5.32 Å². The highest BCUT2D eigenvalue weighted by Crippen LogP contribution is 2.22. The Balaban J connectivity index is 2.18. The van der Waals surface area contributed by atoms with Gasteiger partial charge in [0.15, 0.2) is 0 Å². The smallest absolute Gasteiger partial charge is 0.243 e. The number of carbonyl (C=O) groups is 1. The van der Waals surface area contributed by atoms with Gasteiger partial charge in [0.2, 0.25) is 15.9 Å². The number of hydrogen-bond donors (Lipinski definition) is 1. The lowest BCUT2D eigenvalue weighted by Crippen LogP contribution is -2.47. The molecule has 1 N–H and O–H groups in total. The average Bonchev–Trinajstić information content (AvgIpc) is 2.60. The maximum absolute atomic E-state index is 13.1. The van der Waals surface area contributed by atoms with E-state index in [4.69, 9.17) is 4.74 Å². The van der Waals surface area contributed by atoms with Crippen LogP contribution in [0.5, 0.6) is 5.75 Å². The van der Waals surface area contributed by atoms with Crippen molar-refractivity contribution in [2.45, 2.75) is 19.5 Å². The molecule has 1 unspecified atom stereocenters. The molecule has 0 aliphatic rings. The van der Waals surface area contributed by atoms with Crippen LogP contribution in [0, 0.1) is 5.82 Å². The average molecular weight is 380 g/mol. The molecule has 0 aromatic heterocycles. The zero-order valence-electron chi connectivity index (χ0n) is 14.8. The molecular weight excluding hydrogens is 359 g/mol. The third-order valence-corrected chi connectivity index (χ3v) is 5.06. The van der Waals surface area contributed by atoms with E-state index < -0.39 is 27.8 Å². The molecule has 0 saturated carbocycles. The molecular formula is C18H21FN2O4S. The summed E-state index contributed by atoms with van der Waals surface area (Å²) in [6.07, 6.45) is 1.00. The summed E-state index contributed by atoms with van der Waals surface area (Å²) in [5.74, 6) is -0.347. The summed E-state index contributed by atoms with van der Waals surface area (Å²) < 4.78 is 43.7. The molecule has 26 heavy (non-hydrogen) atoms. The zero-order valence-corrected chi connectivity index (χ0v) is 15.6. The van der Waals surface area contributed by atoms with Crippen LogP contribution >= 0.6 is 0 Å². The van der Waals surface area contributed by atoms with Crippen molar-refractivity contribution < 1.29 is 22.3 Å². The molecule has 0 heterocycles. The number of amides is 1. The number of ether oxygens (including phenoxy) is 1. The first kappa shape index (κ1) is 19.7. The van der Waals surface area contributed by atoms with Crippen molar-refractivity contribution in [3.8, 4) is 5.75 Å². The fourth-order valence-electron chi connectivity index (χ4n) is 2.58. The zero-order chi connectivity index (χ0) is 19.3. The highest BCUT2D eigenvalue weighted by atomic mass is 32.2. The maximum Gasteiger partial charge on any atom is 0.243 e. The van der Waals surface area contributed by atoms with Gasteiger partial charge in [0.25, 0.3) is 0 Å². The van der Waals surface area contributed by atoms with E-state index in [1.165, 1.54) is 26.2 Å². The first-order valence-corrected chi connectivity index (χ1v) is 9.73. The van der Waals surface area contributed by atoms with Crippen molar-refractivity contribution in [3.63, 3.8) is 0 Å². The Morgan fingerprint density at radius 1 is 1.19 bits per heavy atom. The molecule has 0 aliphatic carbocycles. The van der Waals surface area contributed by atoms with Crippen molar-refractivity contribution in [3.05, 3.63) is 59.9 Å². The maximum atomic E-state index is 13.1. The molecule has 1 atom stereocenters. The number of carbonyl (C=O) groups excluding carboxylic acids is 1. The van der Waals surface area contributed by atoms with E-state index in [9.17, 15) is 17.6 Å². The summed E-state index contributed by atoms with van der Waals surface area (Å²) in [7, 11) is -2.21. The van der Waals surface area contributed by atoms with E-state index >= 15 is 0 Å². The molecule has 0 fully saturated rings. The SMILES string of the molecule is COc1ccccc1CNC(=O)C(C)N(c1ccc(F)cc1)S(C)(=O)=O. The number of methoxy groups -OCH3 is 1. The van der Waals surface area contributed by atoms with Gasteiger partial charge in [-0.2, -0.15) is 0 Å². The largest absolute Gasteiger partial charge is 0.496 e. The minimum Gasteiger partial charge on any atom is -0.496 e. The first-order chi connectivity index (χ1) is 12.2. The molecule has 2 aromatic rings. The summed E-state index contributed by atoms with van der Waals surface area (Å²) in [6.45, 7) is 1.66. The van der Waals surface area contributed by atoms with Gasteiger partial charge in [-0.25, -0.2) is 12.8 Å². The number of rotatable bonds is 7. The normalized spacial score (nSPS) is 12.3. The van der Waals surface area contributed by atoms with Crippen LogP contribution in [0.25, 0.3) is 0 Å². The molecule has 2 rings (SSSR count). The number of anilines is 1. The van der Waals surface area contributed by atoms with Crippen LogP contribution in [0.4, 0.5) is 10.1 Å². The lowest BCUT2D eigenvalue weighted by atomic mass is 10.2. The molecule has 8 heteroatoms. The van der Waals surface area contributed by atoms with Gasteiger partial charge in [-0.1, -0.05) is 18.2 Å². The van der Waals surface area contributed by atoms with Gasteiger partial charge in [-0.15, -0.1) is 0 Å². The number of sulfonamides is 1. The van der Waals surface area contributed by atoms with Crippen LogP contribution < -0.4 is 14.4 Å². The molecule has 140 valence electrons. The number of para-hydroxylation sites is 1. The number of nitrogens with one attached hydrogen (secondary N) is 1. The number of hydrogen-bond acceptors (Lipinski definition) is 4. The molecule has 0 spiro atoms. The molecule has 1 amide bonds. The summed E-state index contributed by atoms with van der Waals surface area (Å²) in [5.41, 5.74) is 0.983. The second-order valence-electron chi connectivity index (χ2n) is 5.74. The minimum atomic E-state index is -3.75. The lowest BCUT2D eigenvalue weighted by Gasteiger charge is -2.28. The minimum absolute atomic E-state index is 0.189. The Morgan fingerprint density at radius 2 is 1.81 bits per heavy atom. The molecule has 0 saturated heterocycles. The van der Waals surface area contributed by atoms with E-state index in [-0.39, 0.29) is 12.2 Å². The van der Waals surface area contributed by atoms with Crippen LogP contribution in [0.2, 0.25) is 0 Å². The Bertz CT molecular complexity index is 869. The summed E-state index contributed by atoms with van der Waals surface area (Å²) in [4.78, 5) is 12.5. The van der Waals surface area contributed by atoms with E-state index in [0.29, 0.717) is 5.75 Å². The van der Waals surface area contributed by atoms with Crippen molar-refractivity contribution in [1.82, 2.24) is 5.32 Å².